The van der Waals surface area contributed by atoms with E-state index in [1.807, 2.05) is 18.0 Å². The molecule has 0 bridgehead atoms. The van der Waals surface area contributed by atoms with Crippen molar-refractivity contribution in [1.82, 2.24) is 10.3 Å². The minimum atomic E-state index is 0.964. The summed E-state index contributed by atoms with van der Waals surface area (Å²) in [5, 5.41) is 4.85. The summed E-state index contributed by atoms with van der Waals surface area (Å²) in [6.45, 7) is 4.28. The molecule has 1 aromatic carbocycles. The maximum Gasteiger partial charge on any atom is 0.0457 e. The second-order valence-electron chi connectivity index (χ2n) is 4.08. The molecule has 92 valence electrons. The van der Waals surface area contributed by atoms with Gasteiger partial charge in [-0.1, -0.05) is 19.1 Å². The minimum absolute atomic E-state index is 0.964. The normalized spacial score (nSPS) is 11.1. The van der Waals surface area contributed by atoms with E-state index in [9.17, 15) is 0 Å². The fraction of sp³-hybridized carbons (Fsp3) is 0.429. The van der Waals surface area contributed by atoms with Gasteiger partial charge in [-0.25, -0.2) is 0 Å². The monoisotopic (exact) mass is 248 g/mol. The number of hydrogen-bond acceptors (Lipinski definition) is 2. The van der Waals surface area contributed by atoms with Gasteiger partial charge in [-0.05, 0) is 42.2 Å². The second kappa shape index (κ2) is 6.72. The van der Waals surface area contributed by atoms with Crippen molar-refractivity contribution in [3.63, 3.8) is 0 Å². The lowest BCUT2D eigenvalue weighted by Crippen LogP contribution is -2.15. The van der Waals surface area contributed by atoms with E-state index in [2.05, 4.69) is 41.5 Å². The van der Waals surface area contributed by atoms with Crippen LogP contribution in [-0.4, -0.2) is 23.0 Å². The third-order valence-corrected chi connectivity index (χ3v) is 3.83. The zero-order chi connectivity index (χ0) is 11.9. The molecule has 2 nitrogen and oxygen atoms in total. The lowest BCUT2D eigenvalue weighted by Gasteiger charge is -2.06. The van der Waals surface area contributed by atoms with Gasteiger partial charge in [0.2, 0.25) is 0 Å². The zero-order valence-electron chi connectivity index (χ0n) is 10.3. The Morgan fingerprint density at radius 2 is 2.24 bits per heavy atom. The van der Waals surface area contributed by atoms with Crippen LogP contribution in [-0.2, 0) is 6.54 Å². The van der Waals surface area contributed by atoms with Gasteiger partial charge in [-0.3, -0.25) is 0 Å². The van der Waals surface area contributed by atoms with Gasteiger partial charge in [0.05, 0.1) is 0 Å². The van der Waals surface area contributed by atoms with Gasteiger partial charge in [-0.2, -0.15) is 11.8 Å². The molecule has 0 atom stereocenters. The molecule has 0 saturated heterocycles. The molecule has 2 N–H and O–H groups in total. The van der Waals surface area contributed by atoms with Gasteiger partial charge in [-0.15, -0.1) is 0 Å². The van der Waals surface area contributed by atoms with Gasteiger partial charge in [0.15, 0.2) is 0 Å². The number of nitrogens with one attached hydrogen (secondary N) is 2. The molecule has 0 saturated carbocycles. The molecular weight excluding hydrogens is 228 g/mol. The third kappa shape index (κ3) is 3.51. The van der Waals surface area contributed by atoms with E-state index in [0.717, 1.165) is 13.1 Å². The van der Waals surface area contributed by atoms with Crippen LogP contribution < -0.4 is 5.32 Å². The largest absolute Gasteiger partial charge is 0.361 e. The number of aromatic amines is 1. The Morgan fingerprint density at radius 3 is 3.12 bits per heavy atom. The quantitative estimate of drug-likeness (QED) is 0.735. The third-order valence-electron chi connectivity index (χ3n) is 2.85. The van der Waals surface area contributed by atoms with E-state index in [1.165, 1.54) is 34.4 Å². The van der Waals surface area contributed by atoms with Gasteiger partial charge in [0, 0.05) is 23.6 Å². The van der Waals surface area contributed by atoms with Gasteiger partial charge in [0.25, 0.3) is 0 Å². The average Bonchev–Trinajstić information content (AvgIpc) is 2.82. The number of thioether (sulfide) groups is 1. The Bertz CT molecular complexity index is 450. The standard InChI is InChI=1S/C14H20N2S/c1-2-17-10-4-8-15-11-12-5-3-6-14-13(12)7-9-16-14/h3,5-7,9,15-16H,2,4,8,10-11H2,1H3. The van der Waals surface area contributed by atoms with Crippen LogP contribution in [0.25, 0.3) is 10.9 Å². The second-order valence-corrected chi connectivity index (χ2v) is 5.48. The van der Waals surface area contributed by atoms with Crippen LogP contribution in [0, 0.1) is 0 Å². The Hall–Kier alpha value is -0.930. The lowest BCUT2D eigenvalue weighted by atomic mass is 10.1. The van der Waals surface area contributed by atoms with Crippen molar-refractivity contribution in [3.8, 4) is 0 Å². The molecule has 0 spiro atoms. The van der Waals surface area contributed by atoms with Crippen molar-refractivity contribution in [1.29, 1.82) is 0 Å². The maximum atomic E-state index is 3.52. The van der Waals surface area contributed by atoms with Gasteiger partial charge in [0.1, 0.15) is 0 Å². The SMILES string of the molecule is CCSCCCNCc1cccc2[nH]ccc12. The number of hydrogen-bond donors (Lipinski definition) is 2. The van der Waals surface area contributed by atoms with Crippen molar-refractivity contribution in [2.45, 2.75) is 19.9 Å². The van der Waals surface area contributed by atoms with Crippen LogP contribution in [0.5, 0.6) is 0 Å². The summed E-state index contributed by atoms with van der Waals surface area (Å²) in [7, 11) is 0. The van der Waals surface area contributed by atoms with Crippen molar-refractivity contribution in [2.75, 3.05) is 18.1 Å². The number of benzene rings is 1. The van der Waals surface area contributed by atoms with Crippen LogP contribution in [0.4, 0.5) is 0 Å². The lowest BCUT2D eigenvalue weighted by molar-refractivity contribution is 0.681. The molecule has 17 heavy (non-hydrogen) atoms. The molecule has 0 amide bonds. The average molecular weight is 248 g/mol. The molecular formula is C14H20N2S. The summed E-state index contributed by atoms with van der Waals surface area (Å²) in [4.78, 5) is 3.25. The van der Waals surface area contributed by atoms with E-state index < -0.39 is 0 Å². The van der Waals surface area contributed by atoms with Crippen LogP contribution in [0.2, 0.25) is 0 Å². The van der Waals surface area contributed by atoms with Crippen molar-refractivity contribution in [3.05, 3.63) is 36.0 Å². The summed E-state index contributed by atoms with van der Waals surface area (Å²) in [5.74, 6) is 2.49. The summed E-state index contributed by atoms with van der Waals surface area (Å²) in [6, 6.07) is 8.59. The number of fused-ring (bicyclic) bond motifs is 1. The molecule has 2 rings (SSSR count). The van der Waals surface area contributed by atoms with E-state index in [1.54, 1.807) is 0 Å². The highest BCUT2D eigenvalue weighted by Gasteiger charge is 2.00. The van der Waals surface area contributed by atoms with Gasteiger partial charge >= 0.3 is 0 Å². The van der Waals surface area contributed by atoms with Crippen molar-refractivity contribution >= 4 is 22.7 Å². The van der Waals surface area contributed by atoms with Gasteiger partial charge < -0.3 is 10.3 Å². The highest BCUT2D eigenvalue weighted by atomic mass is 32.2. The van der Waals surface area contributed by atoms with E-state index in [4.69, 9.17) is 0 Å². The molecule has 0 radical (unpaired) electrons. The predicted molar refractivity (Wildman–Crippen MR) is 77.6 cm³/mol. The van der Waals surface area contributed by atoms with Crippen LogP contribution in [0.1, 0.15) is 18.9 Å². The maximum absolute atomic E-state index is 3.52. The summed E-state index contributed by atoms with van der Waals surface area (Å²) in [5.41, 5.74) is 2.61. The Kier molecular flexibility index (Phi) is 4.95. The first-order valence-corrected chi connectivity index (χ1v) is 7.40. The summed E-state index contributed by atoms with van der Waals surface area (Å²) in [6.07, 6.45) is 3.26. The number of H-pyrrole nitrogens is 1. The van der Waals surface area contributed by atoms with Crippen LogP contribution >= 0.6 is 11.8 Å². The van der Waals surface area contributed by atoms with E-state index in [0.29, 0.717) is 0 Å². The van der Waals surface area contributed by atoms with Crippen LogP contribution in [0.3, 0.4) is 0 Å². The zero-order valence-corrected chi connectivity index (χ0v) is 11.1. The molecule has 2 aromatic rings. The highest BCUT2D eigenvalue weighted by Crippen LogP contribution is 2.16. The molecule has 3 heteroatoms. The molecule has 1 heterocycles. The van der Waals surface area contributed by atoms with Crippen LogP contribution in [0.15, 0.2) is 30.5 Å². The predicted octanol–water partition coefficient (Wildman–Crippen LogP) is 3.40. The molecule has 0 fully saturated rings. The molecule has 0 aliphatic rings. The number of aromatic nitrogens is 1. The fourth-order valence-electron chi connectivity index (χ4n) is 1.97. The minimum Gasteiger partial charge on any atom is -0.361 e. The molecule has 1 aromatic heterocycles. The first-order valence-electron chi connectivity index (χ1n) is 6.25. The first kappa shape index (κ1) is 12.5. The highest BCUT2D eigenvalue weighted by molar-refractivity contribution is 7.99. The molecule has 0 aliphatic carbocycles. The first-order chi connectivity index (χ1) is 8.42. The van der Waals surface area contributed by atoms with E-state index in [-0.39, 0.29) is 0 Å². The Labute approximate surface area is 107 Å². The van der Waals surface area contributed by atoms with Crippen molar-refractivity contribution < 1.29 is 0 Å². The summed E-state index contributed by atoms with van der Waals surface area (Å²) < 4.78 is 0. The molecule has 0 aliphatic heterocycles. The Morgan fingerprint density at radius 1 is 1.29 bits per heavy atom. The fourth-order valence-corrected chi connectivity index (χ4v) is 2.61. The van der Waals surface area contributed by atoms with Crippen molar-refractivity contribution in [2.24, 2.45) is 0 Å². The van der Waals surface area contributed by atoms with E-state index >= 15 is 0 Å². The smallest absolute Gasteiger partial charge is 0.0457 e. The Balaban J connectivity index is 1.80. The number of rotatable bonds is 7. The molecule has 0 unspecified atom stereocenters. The topological polar surface area (TPSA) is 27.8 Å². The summed E-state index contributed by atoms with van der Waals surface area (Å²) >= 11 is 2.01.